The summed E-state index contributed by atoms with van der Waals surface area (Å²) in [5.74, 6) is 0.144. The smallest absolute Gasteiger partial charge is 0.149 e. The molecule has 1 unspecified atom stereocenters. The third-order valence-electron chi connectivity index (χ3n) is 2.54. The molecule has 1 aromatic carbocycles. The molecule has 2 nitrogen and oxygen atoms in total. The van der Waals surface area contributed by atoms with E-state index in [-0.39, 0.29) is 11.8 Å². The number of Topliss-reactive ketones (excluding diaryl/α,β-unsaturated/α-hetero) is 1. The van der Waals surface area contributed by atoms with E-state index >= 15 is 0 Å². The number of benzene rings is 1. The topological polar surface area (TPSA) is 43.1 Å². The van der Waals surface area contributed by atoms with Gasteiger partial charge in [-0.3, -0.25) is 4.79 Å². The van der Waals surface area contributed by atoms with Gasteiger partial charge in [-0.25, -0.2) is 0 Å². The van der Waals surface area contributed by atoms with Crippen LogP contribution < -0.4 is 5.73 Å². The lowest BCUT2D eigenvalue weighted by Crippen LogP contribution is -2.32. The van der Waals surface area contributed by atoms with E-state index in [1.54, 1.807) is 0 Å². The first kappa shape index (κ1) is 12.7. The van der Waals surface area contributed by atoms with Crippen molar-refractivity contribution in [2.45, 2.75) is 31.7 Å². The molecular weight excluding hydrogens is 198 g/mol. The van der Waals surface area contributed by atoms with Gasteiger partial charge in [-0.1, -0.05) is 36.4 Å². The molecule has 2 N–H and O–H groups in total. The Labute approximate surface area is 97.2 Å². The van der Waals surface area contributed by atoms with Gasteiger partial charge in [0.15, 0.2) is 0 Å². The van der Waals surface area contributed by atoms with E-state index in [1.165, 1.54) is 0 Å². The van der Waals surface area contributed by atoms with Gasteiger partial charge in [0.25, 0.3) is 0 Å². The van der Waals surface area contributed by atoms with Crippen LogP contribution in [0.3, 0.4) is 0 Å². The van der Waals surface area contributed by atoms with Crippen molar-refractivity contribution in [2.75, 3.05) is 0 Å². The molecule has 16 heavy (non-hydrogen) atoms. The van der Waals surface area contributed by atoms with Crippen molar-refractivity contribution < 1.29 is 4.79 Å². The summed E-state index contributed by atoms with van der Waals surface area (Å²) < 4.78 is 0. The molecule has 86 valence electrons. The van der Waals surface area contributed by atoms with Crippen LogP contribution in [-0.4, -0.2) is 11.8 Å². The number of nitrogens with two attached hydrogens (primary N) is 1. The third kappa shape index (κ3) is 4.41. The highest BCUT2D eigenvalue weighted by molar-refractivity contribution is 5.84. The number of rotatable bonds is 7. The molecule has 0 amide bonds. The molecule has 0 heterocycles. The van der Waals surface area contributed by atoms with Crippen LogP contribution in [0.2, 0.25) is 0 Å². The summed E-state index contributed by atoms with van der Waals surface area (Å²) in [6, 6.07) is 9.51. The Morgan fingerprint density at radius 2 is 2.06 bits per heavy atom. The van der Waals surface area contributed by atoms with Gasteiger partial charge in [-0.2, -0.15) is 0 Å². The van der Waals surface area contributed by atoms with Crippen LogP contribution in [-0.2, 0) is 11.2 Å². The van der Waals surface area contributed by atoms with Gasteiger partial charge in [-0.05, 0) is 24.8 Å². The average Bonchev–Trinajstić information content (AvgIpc) is 2.30. The summed E-state index contributed by atoms with van der Waals surface area (Å²) in [5, 5.41) is 0. The fraction of sp³-hybridized carbons (Fsp3) is 0.357. The van der Waals surface area contributed by atoms with Crippen molar-refractivity contribution in [3.8, 4) is 0 Å². The minimum atomic E-state index is -0.368. The Morgan fingerprint density at radius 3 is 2.69 bits per heavy atom. The van der Waals surface area contributed by atoms with Crippen LogP contribution in [0.25, 0.3) is 0 Å². The molecule has 0 aliphatic carbocycles. The van der Waals surface area contributed by atoms with Crippen molar-refractivity contribution in [3.63, 3.8) is 0 Å². The second-order valence-electron chi connectivity index (χ2n) is 3.94. The lowest BCUT2D eigenvalue weighted by Gasteiger charge is -2.10. The highest BCUT2D eigenvalue weighted by Crippen LogP contribution is 2.05. The first-order valence-electron chi connectivity index (χ1n) is 5.67. The summed E-state index contributed by atoms with van der Waals surface area (Å²) in [4.78, 5) is 11.7. The van der Waals surface area contributed by atoms with E-state index in [1.807, 2.05) is 36.4 Å². The Morgan fingerprint density at radius 1 is 1.38 bits per heavy atom. The maximum atomic E-state index is 11.7. The molecule has 0 aromatic heterocycles. The zero-order valence-corrected chi connectivity index (χ0v) is 9.56. The van der Waals surface area contributed by atoms with Gasteiger partial charge in [0.1, 0.15) is 5.78 Å². The predicted octanol–water partition coefficient (Wildman–Crippen LogP) is 2.48. The first-order chi connectivity index (χ1) is 7.74. The highest BCUT2D eigenvalue weighted by atomic mass is 16.1. The van der Waals surface area contributed by atoms with E-state index in [4.69, 9.17) is 5.73 Å². The van der Waals surface area contributed by atoms with Crippen molar-refractivity contribution in [1.82, 2.24) is 0 Å². The van der Waals surface area contributed by atoms with Gasteiger partial charge in [0, 0.05) is 6.42 Å². The molecule has 0 radical (unpaired) electrons. The molecule has 0 saturated heterocycles. The summed E-state index contributed by atoms with van der Waals surface area (Å²) >= 11 is 0. The fourth-order valence-electron chi connectivity index (χ4n) is 1.59. The van der Waals surface area contributed by atoms with Crippen molar-refractivity contribution in [1.29, 1.82) is 0 Å². The molecule has 1 rings (SSSR count). The molecule has 0 fully saturated rings. The number of unbranched alkanes of at least 4 members (excludes halogenated alkanes) is 1. The largest absolute Gasteiger partial charge is 0.321 e. The van der Waals surface area contributed by atoms with E-state index in [2.05, 4.69) is 6.58 Å². The van der Waals surface area contributed by atoms with Gasteiger partial charge < -0.3 is 5.73 Å². The first-order valence-corrected chi connectivity index (χ1v) is 5.67. The maximum Gasteiger partial charge on any atom is 0.149 e. The molecule has 0 bridgehead atoms. The maximum absolute atomic E-state index is 11.7. The lowest BCUT2D eigenvalue weighted by molar-refractivity contribution is -0.120. The number of ketones is 1. The average molecular weight is 217 g/mol. The normalized spacial score (nSPS) is 12.1. The number of hydrogen-bond donors (Lipinski definition) is 1. The molecule has 2 heteroatoms. The zero-order chi connectivity index (χ0) is 11.8. The Kier molecular flexibility index (Phi) is 5.51. The zero-order valence-electron chi connectivity index (χ0n) is 9.56. The van der Waals surface area contributed by atoms with Gasteiger partial charge in [0.2, 0.25) is 0 Å². The quantitative estimate of drug-likeness (QED) is 0.563. The Balaban J connectivity index is 2.37. The van der Waals surface area contributed by atoms with Gasteiger partial charge in [0.05, 0.1) is 6.04 Å². The standard InChI is InChI=1S/C14H19NO/c1-2-3-5-10-14(16)13(15)11-12-8-6-4-7-9-12/h2,4,6-9,13H,1,3,5,10-11,15H2. The van der Waals surface area contributed by atoms with Crippen LogP contribution in [0.15, 0.2) is 43.0 Å². The van der Waals surface area contributed by atoms with E-state index in [0.29, 0.717) is 12.8 Å². The highest BCUT2D eigenvalue weighted by Gasteiger charge is 2.12. The SMILES string of the molecule is C=CCCCC(=O)C(N)Cc1ccccc1. The number of carbonyl (C=O) groups is 1. The van der Waals surface area contributed by atoms with Crippen LogP contribution >= 0.6 is 0 Å². The molecule has 0 spiro atoms. The van der Waals surface area contributed by atoms with E-state index in [9.17, 15) is 4.79 Å². The molecule has 0 saturated carbocycles. The summed E-state index contributed by atoms with van der Waals surface area (Å²) in [7, 11) is 0. The van der Waals surface area contributed by atoms with Crippen molar-refractivity contribution in [2.24, 2.45) is 5.73 Å². The Bertz CT molecular complexity index is 332. The monoisotopic (exact) mass is 217 g/mol. The van der Waals surface area contributed by atoms with Crippen LogP contribution in [0.1, 0.15) is 24.8 Å². The van der Waals surface area contributed by atoms with E-state index in [0.717, 1.165) is 18.4 Å². The number of carbonyl (C=O) groups excluding carboxylic acids is 1. The minimum Gasteiger partial charge on any atom is -0.321 e. The molecule has 0 aliphatic heterocycles. The summed E-state index contributed by atoms with van der Waals surface area (Å²) in [6.07, 6.45) is 4.75. The van der Waals surface area contributed by atoms with Crippen LogP contribution in [0.4, 0.5) is 0 Å². The predicted molar refractivity (Wildman–Crippen MR) is 67.2 cm³/mol. The second kappa shape index (κ2) is 6.96. The lowest BCUT2D eigenvalue weighted by atomic mass is 10.00. The summed E-state index contributed by atoms with van der Waals surface area (Å²) in [6.45, 7) is 3.63. The second-order valence-corrected chi connectivity index (χ2v) is 3.94. The van der Waals surface area contributed by atoms with E-state index < -0.39 is 0 Å². The third-order valence-corrected chi connectivity index (χ3v) is 2.54. The molecule has 0 aliphatic rings. The summed E-state index contributed by atoms with van der Waals surface area (Å²) in [5.41, 5.74) is 6.97. The minimum absolute atomic E-state index is 0.144. The van der Waals surface area contributed by atoms with Crippen LogP contribution in [0.5, 0.6) is 0 Å². The number of allylic oxidation sites excluding steroid dienone is 1. The molecule has 1 atom stereocenters. The fourth-order valence-corrected chi connectivity index (χ4v) is 1.59. The van der Waals surface area contributed by atoms with Crippen molar-refractivity contribution >= 4 is 5.78 Å². The Hall–Kier alpha value is -1.41. The van der Waals surface area contributed by atoms with Gasteiger partial charge in [-0.15, -0.1) is 6.58 Å². The van der Waals surface area contributed by atoms with Crippen LogP contribution in [0, 0.1) is 0 Å². The van der Waals surface area contributed by atoms with Crippen molar-refractivity contribution in [3.05, 3.63) is 48.6 Å². The molecular formula is C14H19NO. The van der Waals surface area contributed by atoms with Gasteiger partial charge >= 0.3 is 0 Å². The number of hydrogen-bond acceptors (Lipinski definition) is 2. The molecule has 1 aromatic rings.